The number of aromatic amines is 1. The van der Waals surface area contributed by atoms with Gasteiger partial charge in [-0.05, 0) is 50.2 Å². The summed E-state index contributed by atoms with van der Waals surface area (Å²) >= 11 is 0. The van der Waals surface area contributed by atoms with Crippen LogP contribution in [0.1, 0.15) is 48.1 Å². The van der Waals surface area contributed by atoms with Crippen LogP contribution in [0, 0.1) is 31.1 Å². The van der Waals surface area contributed by atoms with Crippen LogP contribution >= 0.6 is 0 Å². The number of aromatic nitrogens is 1. The van der Waals surface area contributed by atoms with E-state index in [1.165, 1.54) is 19.3 Å². The van der Waals surface area contributed by atoms with Crippen LogP contribution in [0.2, 0.25) is 0 Å². The summed E-state index contributed by atoms with van der Waals surface area (Å²) in [7, 11) is 0. The summed E-state index contributed by atoms with van der Waals surface area (Å²) in [4.78, 5) is 26.2. The van der Waals surface area contributed by atoms with Gasteiger partial charge in [-0.1, -0.05) is 6.42 Å². The van der Waals surface area contributed by atoms with Crippen molar-refractivity contribution in [1.29, 1.82) is 5.26 Å². The standard InChI is InChI=1S/C16H21N3O2/c1-10-13(11(2)19-16(21)14(10)8-17)6-7-15(20)18-9-12-4-3-5-12/h12H,3-7,9H2,1-2H3,(H,18,20)(H,19,21). The average Bonchev–Trinajstić information content (AvgIpc) is 2.36. The Balaban J connectivity index is 1.97. The maximum atomic E-state index is 11.9. The Kier molecular flexibility index (Phi) is 4.79. The van der Waals surface area contributed by atoms with Gasteiger partial charge in [0.25, 0.3) is 5.56 Å². The second kappa shape index (κ2) is 6.57. The molecule has 21 heavy (non-hydrogen) atoms. The second-order valence-corrected chi connectivity index (χ2v) is 5.77. The van der Waals surface area contributed by atoms with Crippen LogP contribution in [0.25, 0.3) is 0 Å². The number of pyridine rings is 1. The third kappa shape index (κ3) is 3.52. The molecule has 0 bridgehead atoms. The minimum atomic E-state index is -0.356. The molecule has 5 nitrogen and oxygen atoms in total. The van der Waals surface area contributed by atoms with Gasteiger partial charge in [0.1, 0.15) is 11.6 Å². The van der Waals surface area contributed by atoms with Gasteiger partial charge >= 0.3 is 0 Å². The van der Waals surface area contributed by atoms with E-state index in [-0.39, 0.29) is 17.0 Å². The number of carbonyl (C=O) groups excluding carboxylic acids is 1. The van der Waals surface area contributed by atoms with Crippen molar-refractivity contribution in [2.24, 2.45) is 5.92 Å². The Morgan fingerprint density at radius 3 is 2.71 bits per heavy atom. The van der Waals surface area contributed by atoms with Gasteiger partial charge in [0.15, 0.2) is 0 Å². The number of nitriles is 1. The van der Waals surface area contributed by atoms with Gasteiger partial charge in [0, 0.05) is 18.7 Å². The Labute approximate surface area is 124 Å². The lowest BCUT2D eigenvalue weighted by atomic mass is 9.85. The van der Waals surface area contributed by atoms with Gasteiger partial charge in [0.2, 0.25) is 5.91 Å². The van der Waals surface area contributed by atoms with Crippen molar-refractivity contribution in [3.05, 3.63) is 32.7 Å². The maximum absolute atomic E-state index is 11.9. The molecular formula is C16H21N3O2. The van der Waals surface area contributed by atoms with Gasteiger partial charge in [-0.15, -0.1) is 0 Å². The lowest BCUT2D eigenvalue weighted by Gasteiger charge is -2.25. The van der Waals surface area contributed by atoms with Crippen molar-refractivity contribution < 1.29 is 4.79 Å². The number of H-pyrrole nitrogens is 1. The third-order valence-electron chi connectivity index (χ3n) is 4.33. The van der Waals surface area contributed by atoms with Crippen molar-refractivity contribution in [2.75, 3.05) is 6.54 Å². The summed E-state index contributed by atoms with van der Waals surface area (Å²) in [6.07, 6.45) is 4.62. The van der Waals surface area contributed by atoms with Crippen LogP contribution in [0.5, 0.6) is 0 Å². The molecule has 0 aliphatic heterocycles. The average molecular weight is 287 g/mol. The molecule has 5 heteroatoms. The van der Waals surface area contributed by atoms with Crippen LogP contribution in [0.15, 0.2) is 4.79 Å². The van der Waals surface area contributed by atoms with Crippen molar-refractivity contribution in [1.82, 2.24) is 10.3 Å². The van der Waals surface area contributed by atoms with Crippen molar-refractivity contribution >= 4 is 5.91 Å². The van der Waals surface area contributed by atoms with Gasteiger partial charge in [0.05, 0.1) is 0 Å². The molecule has 112 valence electrons. The zero-order valence-electron chi connectivity index (χ0n) is 12.6. The third-order valence-corrected chi connectivity index (χ3v) is 4.33. The molecule has 0 saturated heterocycles. The van der Waals surface area contributed by atoms with Gasteiger partial charge in [-0.25, -0.2) is 0 Å². The van der Waals surface area contributed by atoms with Crippen molar-refractivity contribution in [3.63, 3.8) is 0 Å². The van der Waals surface area contributed by atoms with E-state index in [1.54, 1.807) is 13.8 Å². The van der Waals surface area contributed by atoms with Crippen molar-refractivity contribution in [2.45, 2.75) is 46.0 Å². The molecule has 0 radical (unpaired) electrons. The molecule has 1 aromatic heterocycles. The van der Waals surface area contributed by atoms with Gasteiger partial charge in [-0.3, -0.25) is 9.59 Å². The summed E-state index contributed by atoms with van der Waals surface area (Å²) in [6.45, 7) is 4.34. The molecule has 0 aromatic carbocycles. The van der Waals surface area contributed by atoms with Crippen LogP contribution in [0.3, 0.4) is 0 Å². The fourth-order valence-corrected chi connectivity index (χ4v) is 2.70. The van der Waals surface area contributed by atoms with E-state index in [0.29, 0.717) is 24.3 Å². The number of nitrogens with zero attached hydrogens (tertiary/aromatic N) is 1. The molecule has 1 aliphatic rings. The monoisotopic (exact) mass is 287 g/mol. The fourth-order valence-electron chi connectivity index (χ4n) is 2.70. The van der Waals surface area contributed by atoms with E-state index in [1.807, 2.05) is 6.07 Å². The Morgan fingerprint density at radius 1 is 1.43 bits per heavy atom. The molecule has 1 fully saturated rings. The number of hydrogen-bond acceptors (Lipinski definition) is 3. The lowest BCUT2D eigenvalue weighted by molar-refractivity contribution is -0.121. The molecule has 2 N–H and O–H groups in total. The first-order valence-electron chi connectivity index (χ1n) is 7.42. The first-order chi connectivity index (χ1) is 10.0. The molecular weight excluding hydrogens is 266 g/mol. The molecule has 1 aliphatic carbocycles. The largest absolute Gasteiger partial charge is 0.356 e. The SMILES string of the molecule is Cc1[nH]c(=O)c(C#N)c(C)c1CCC(=O)NCC1CCC1. The summed E-state index contributed by atoms with van der Waals surface area (Å²) in [5.41, 5.74) is 2.11. The van der Waals surface area contributed by atoms with Crippen LogP contribution in [-0.2, 0) is 11.2 Å². The predicted octanol–water partition coefficient (Wildman–Crippen LogP) is 1.71. The number of carbonyl (C=O) groups is 1. The zero-order chi connectivity index (χ0) is 15.4. The van der Waals surface area contributed by atoms with E-state index < -0.39 is 0 Å². The van der Waals surface area contributed by atoms with Gasteiger partial charge < -0.3 is 10.3 Å². The molecule has 2 rings (SSSR count). The summed E-state index contributed by atoms with van der Waals surface area (Å²) in [5, 5.41) is 12.0. The minimum absolute atomic E-state index is 0.0328. The summed E-state index contributed by atoms with van der Waals surface area (Å²) in [5.74, 6) is 0.682. The zero-order valence-corrected chi connectivity index (χ0v) is 12.6. The Hall–Kier alpha value is -2.09. The molecule has 1 aromatic rings. The van der Waals surface area contributed by atoms with E-state index >= 15 is 0 Å². The number of amides is 1. The molecule has 0 atom stereocenters. The highest BCUT2D eigenvalue weighted by Gasteiger charge is 2.18. The predicted molar refractivity (Wildman–Crippen MR) is 79.9 cm³/mol. The van der Waals surface area contributed by atoms with E-state index in [0.717, 1.165) is 17.8 Å². The fraction of sp³-hybridized carbons (Fsp3) is 0.562. The molecule has 0 spiro atoms. The second-order valence-electron chi connectivity index (χ2n) is 5.77. The minimum Gasteiger partial charge on any atom is -0.356 e. The molecule has 1 saturated carbocycles. The van der Waals surface area contributed by atoms with Crippen LogP contribution in [0.4, 0.5) is 0 Å². The number of nitrogens with one attached hydrogen (secondary N) is 2. The van der Waals surface area contributed by atoms with E-state index in [4.69, 9.17) is 5.26 Å². The Bertz CT molecular complexity index is 636. The normalized spacial score (nSPS) is 14.3. The highest BCUT2D eigenvalue weighted by molar-refractivity contribution is 5.76. The highest BCUT2D eigenvalue weighted by Crippen LogP contribution is 2.25. The summed E-state index contributed by atoms with van der Waals surface area (Å²) in [6, 6.07) is 1.93. The smallest absolute Gasteiger partial charge is 0.266 e. The first kappa shape index (κ1) is 15.3. The Morgan fingerprint density at radius 2 is 2.14 bits per heavy atom. The molecule has 1 heterocycles. The van der Waals surface area contributed by atoms with Crippen LogP contribution < -0.4 is 10.9 Å². The molecule has 1 amide bonds. The van der Waals surface area contributed by atoms with Crippen LogP contribution in [-0.4, -0.2) is 17.4 Å². The highest BCUT2D eigenvalue weighted by atomic mass is 16.1. The lowest BCUT2D eigenvalue weighted by Crippen LogP contribution is -2.32. The maximum Gasteiger partial charge on any atom is 0.266 e. The topological polar surface area (TPSA) is 85.8 Å². The number of aryl methyl sites for hydroxylation is 1. The van der Waals surface area contributed by atoms with Crippen molar-refractivity contribution in [3.8, 4) is 6.07 Å². The number of hydrogen-bond donors (Lipinski definition) is 2. The van der Waals surface area contributed by atoms with E-state index in [2.05, 4.69) is 10.3 Å². The van der Waals surface area contributed by atoms with E-state index in [9.17, 15) is 9.59 Å². The summed E-state index contributed by atoms with van der Waals surface area (Å²) < 4.78 is 0. The number of rotatable bonds is 5. The first-order valence-corrected chi connectivity index (χ1v) is 7.42. The molecule has 0 unspecified atom stereocenters. The van der Waals surface area contributed by atoms with Gasteiger partial charge in [-0.2, -0.15) is 5.26 Å². The quantitative estimate of drug-likeness (QED) is 0.864.